The van der Waals surface area contributed by atoms with Crippen molar-refractivity contribution in [2.75, 3.05) is 0 Å². The molecule has 0 N–H and O–H groups in total. The van der Waals surface area contributed by atoms with E-state index in [1.165, 1.54) is 16.7 Å². The lowest BCUT2D eigenvalue weighted by molar-refractivity contribution is 0.868. The second kappa shape index (κ2) is 3.22. The van der Waals surface area contributed by atoms with Gasteiger partial charge in [-0.2, -0.15) is 11.3 Å². The zero-order valence-electron chi connectivity index (χ0n) is 7.35. The third kappa shape index (κ3) is 1.72. The molecule has 0 aliphatic heterocycles. The summed E-state index contributed by atoms with van der Waals surface area (Å²) in [6, 6.07) is 0. The molecule has 0 amide bonds. The Morgan fingerprint density at radius 1 is 1.45 bits per heavy atom. The van der Waals surface area contributed by atoms with Crippen molar-refractivity contribution in [1.82, 2.24) is 0 Å². The standard InChI is InChI=1S/C10H14S/c1-7(2)9-5-11-6-10(9)8(3)4/h5-6,8H,1H2,2-4H3. The second-order valence-electron chi connectivity index (χ2n) is 3.18. The summed E-state index contributed by atoms with van der Waals surface area (Å²) < 4.78 is 0. The van der Waals surface area contributed by atoms with Crippen LogP contribution in [0.15, 0.2) is 17.3 Å². The highest BCUT2D eigenvalue weighted by Crippen LogP contribution is 2.27. The van der Waals surface area contributed by atoms with Gasteiger partial charge in [0.1, 0.15) is 0 Å². The van der Waals surface area contributed by atoms with E-state index in [1.807, 2.05) is 0 Å². The molecule has 0 fully saturated rings. The molecule has 1 rings (SSSR count). The Bertz CT molecular complexity index is 256. The topological polar surface area (TPSA) is 0 Å². The van der Waals surface area contributed by atoms with E-state index in [1.54, 1.807) is 11.3 Å². The van der Waals surface area contributed by atoms with Gasteiger partial charge < -0.3 is 0 Å². The van der Waals surface area contributed by atoms with Crippen molar-refractivity contribution in [1.29, 1.82) is 0 Å². The monoisotopic (exact) mass is 166 g/mol. The molecular weight excluding hydrogens is 152 g/mol. The van der Waals surface area contributed by atoms with Gasteiger partial charge in [0.25, 0.3) is 0 Å². The lowest BCUT2D eigenvalue weighted by atomic mass is 9.99. The van der Waals surface area contributed by atoms with E-state index in [-0.39, 0.29) is 0 Å². The summed E-state index contributed by atoms with van der Waals surface area (Å²) in [6.45, 7) is 10.4. The van der Waals surface area contributed by atoms with Gasteiger partial charge in [0.05, 0.1) is 0 Å². The van der Waals surface area contributed by atoms with Gasteiger partial charge in [-0.3, -0.25) is 0 Å². The van der Waals surface area contributed by atoms with E-state index in [0.717, 1.165) is 0 Å². The maximum Gasteiger partial charge on any atom is -0.00153 e. The molecule has 0 aliphatic carbocycles. The first-order chi connectivity index (χ1) is 5.13. The van der Waals surface area contributed by atoms with Crippen molar-refractivity contribution >= 4 is 16.9 Å². The number of rotatable bonds is 2. The van der Waals surface area contributed by atoms with Crippen LogP contribution in [-0.4, -0.2) is 0 Å². The summed E-state index contributed by atoms with van der Waals surface area (Å²) in [5, 5.41) is 4.40. The van der Waals surface area contributed by atoms with Crippen LogP contribution >= 0.6 is 11.3 Å². The summed E-state index contributed by atoms with van der Waals surface area (Å²) in [4.78, 5) is 0. The molecule has 0 spiro atoms. The Kier molecular flexibility index (Phi) is 2.50. The van der Waals surface area contributed by atoms with E-state index in [9.17, 15) is 0 Å². The Morgan fingerprint density at radius 3 is 2.45 bits per heavy atom. The first-order valence-corrected chi connectivity index (χ1v) is 4.79. The molecule has 0 saturated heterocycles. The molecule has 11 heavy (non-hydrogen) atoms. The van der Waals surface area contributed by atoms with E-state index in [2.05, 4.69) is 38.1 Å². The van der Waals surface area contributed by atoms with Crippen LogP contribution in [-0.2, 0) is 0 Å². The van der Waals surface area contributed by atoms with Crippen molar-refractivity contribution in [3.8, 4) is 0 Å². The smallest absolute Gasteiger partial charge is 0.00153 e. The molecule has 1 heterocycles. The van der Waals surface area contributed by atoms with Gasteiger partial charge in [0, 0.05) is 0 Å². The van der Waals surface area contributed by atoms with Crippen molar-refractivity contribution < 1.29 is 0 Å². The van der Waals surface area contributed by atoms with Crippen molar-refractivity contribution in [3.05, 3.63) is 28.5 Å². The fourth-order valence-corrected chi connectivity index (χ4v) is 2.19. The van der Waals surface area contributed by atoms with E-state index in [0.29, 0.717) is 5.92 Å². The fourth-order valence-electron chi connectivity index (χ4n) is 1.10. The molecule has 0 aromatic carbocycles. The minimum atomic E-state index is 0.618. The summed E-state index contributed by atoms with van der Waals surface area (Å²) >= 11 is 1.76. The summed E-state index contributed by atoms with van der Waals surface area (Å²) in [5.41, 5.74) is 3.95. The van der Waals surface area contributed by atoms with Gasteiger partial charge >= 0.3 is 0 Å². The number of thiophene rings is 1. The maximum absolute atomic E-state index is 3.95. The van der Waals surface area contributed by atoms with E-state index < -0.39 is 0 Å². The molecule has 1 heteroatoms. The Labute approximate surface area is 72.6 Å². The van der Waals surface area contributed by atoms with Crippen molar-refractivity contribution in [2.45, 2.75) is 26.7 Å². The minimum absolute atomic E-state index is 0.618. The molecule has 0 nitrogen and oxygen atoms in total. The third-order valence-corrected chi connectivity index (χ3v) is 2.54. The van der Waals surface area contributed by atoms with E-state index in [4.69, 9.17) is 0 Å². The largest absolute Gasteiger partial charge is 0.151 e. The highest BCUT2D eigenvalue weighted by molar-refractivity contribution is 7.08. The molecule has 0 bridgehead atoms. The fraction of sp³-hybridized carbons (Fsp3) is 0.400. The molecule has 0 radical (unpaired) electrons. The second-order valence-corrected chi connectivity index (χ2v) is 3.92. The highest BCUT2D eigenvalue weighted by Gasteiger charge is 2.06. The third-order valence-electron chi connectivity index (χ3n) is 1.77. The van der Waals surface area contributed by atoms with Crippen LogP contribution in [0.5, 0.6) is 0 Å². The van der Waals surface area contributed by atoms with Crippen LogP contribution < -0.4 is 0 Å². The summed E-state index contributed by atoms with van der Waals surface area (Å²) in [5.74, 6) is 0.618. The Hall–Kier alpha value is -0.560. The Balaban J connectivity index is 3.06. The number of hydrogen-bond donors (Lipinski definition) is 0. The number of hydrogen-bond acceptors (Lipinski definition) is 1. The average Bonchev–Trinajstić information content (AvgIpc) is 2.32. The zero-order valence-corrected chi connectivity index (χ0v) is 8.16. The van der Waals surface area contributed by atoms with Crippen molar-refractivity contribution in [3.63, 3.8) is 0 Å². The average molecular weight is 166 g/mol. The molecule has 0 aliphatic rings. The molecule has 1 aromatic heterocycles. The molecule has 0 saturated carbocycles. The van der Waals surface area contributed by atoms with Crippen LogP contribution in [0.3, 0.4) is 0 Å². The lowest BCUT2D eigenvalue weighted by Crippen LogP contribution is -1.87. The zero-order chi connectivity index (χ0) is 8.43. The summed E-state index contributed by atoms with van der Waals surface area (Å²) in [7, 11) is 0. The van der Waals surface area contributed by atoms with Gasteiger partial charge in [-0.25, -0.2) is 0 Å². The van der Waals surface area contributed by atoms with Crippen LogP contribution in [0, 0.1) is 0 Å². The highest BCUT2D eigenvalue weighted by atomic mass is 32.1. The summed E-state index contributed by atoms with van der Waals surface area (Å²) in [6.07, 6.45) is 0. The van der Waals surface area contributed by atoms with Gasteiger partial charge in [-0.15, -0.1) is 0 Å². The van der Waals surface area contributed by atoms with Crippen LogP contribution in [0.25, 0.3) is 5.57 Å². The quantitative estimate of drug-likeness (QED) is 0.625. The molecular formula is C10H14S. The Morgan fingerprint density at radius 2 is 2.09 bits per heavy atom. The molecule has 60 valence electrons. The van der Waals surface area contributed by atoms with Gasteiger partial charge in [-0.05, 0) is 40.3 Å². The normalized spacial score (nSPS) is 10.5. The van der Waals surface area contributed by atoms with Gasteiger partial charge in [0.15, 0.2) is 0 Å². The van der Waals surface area contributed by atoms with E-state index >= 15 is 0 Å². The first-order valence-electron chi connectivity index (χ1n) is 3.85. The van der Waals surface area contributed by atoms with Gasteiger partial charge in [-0.1, -0.05) is 20.4 Å². The van der Waals surface area contributed by atoms with Crippen LogP contribution in [0.2, 0.25) is 0 Å². The first kappa shape index (κ1) is 8.54. The minimum Gasteiger partial charge on any atom is -0.151 e. The predicted octanol–water partition coefficient (Wildman–Crippen LogP) is 3.90. The lowest BCUT2D eigenvalue weighted by Gasteiger charge is -2.05. The maximum atomic E-state index is 3.95. The predicted molar refractivity (Wildman–Crippen MR) is 53.1 cm³/mol. The molecule has 1 aromatic rings. The molecule has 0 atom stereocenters. The molecule has 0 unspecified atom stereocenters. The van der Waals surface area contributed by atoms with Gasteiger partial charge in [0.2, 0.25) is 0 Å². The van der Waals surface area contributed by atoms with Crippen LogP contribution in [0.1, 0.15) is 37.8 Å². The van der Waals surface area contributed by atoms with Crippen molar-refractivity contribution in [2.24, 2.45) is 0 Å². The number of allylic oxidation sites excluding steroid dienone is 1. The SMILES string of the molecule is C=C(C)c1cscc1C(C)C. The van der Waals surface area contributed by atoms with Crippen LogP contribution in [0.4, 0.5) is 0 Å².